The third-order valence-corrected chi connectivity index (χ3v) is 1.39. The van der Waals surface area contributed by atoms with Crippen LogP contribution in [0.2, 0.25) is 0 Å². The van der Waals surface area contributed by atoms with Crippen LogP contribution in [0.5, 0.6) is 0 Å². The van der Waals surface area contributed by atoms with Crippen LogP contribution in [0.25, 0.3) is 0 Å². The minimum atomic E-state index is -0.546. The van der Waals surface area contributed by atoms with Gasteiger partial charge < -0.3 is 9.47 Å². The molecule has 0 spiro atoms. The van der Waals surface area contributed by atoms with Gasteiger partial charge in [0.15, 0.2) is 0 Å². The molecule has 4 heteroatoms. The summed E-state index contributed by atoms with van der Waals surface area (Å²) < 4.78 is 9.27. The Morgan fingerprint density at radius 2 is 1.53 bits per heavy atom. The highest BCUT2D eigenvalue weighted by molar-refractivity contribution is 5.93. The van der Waals surface area contributed by atoms with Crippen molar-refractivity contribution in [2.24, 2.45) is 0 Å². The molecular formula is C13H20O4. The van der Waals surface area contributed by atoms with E-state index in [4.69, 9.17) is 0 Å². The quantitative estimate of drug-likeness (QED) is 0.406. The van der Waals surface area contributed by atoms with E-state index in [0.717, 1.165) is 0 Å². The normalized spacial score (nSPS) is 8.12. The molecule has 0 amide bonds. The van der Waals surface area contributed by atoms with Gasteiger partial charge in [-0.3, -0.25) is 4.79 Å². The van der Waals surface area contributed by atoms with Crippen LogP contribution >= 0.6 is 0 Å². The Hall–Kier alpha value is -1.84. The molecule has 17 heavy (non-hydrogen) atoms. The Labute approximate surface area is 103 Å². The predicted molar refractivity (Wildman–Crippen MR) is 67.4 cm³/mol. The lowest BCUT2D eigenvalue weighted by atomic mass is 10.2. The minimum Gasteiger partial charge on any atom is -0.466 e. The number of carbonyl (C=O) groups is 2. The van der Waals surface area contributed by atoms with Gasteiger partial charge in [-0.15, -0.1) is 0 Å². The van der Waals surface area contributed by atoms with Crippen molar-refractivity contribution in [2.45, 2.75) is 20.3 Å². The molecule has 0 aromatic rings. The van der Waals surface area contributed by atoms with Crippen molar-refractivity contribution in [3.8, 4) is 0 Å². The molecule has 0 aliphatic rings. The smallest absolute Gasteiger partial charge is 0.333 e. The van der Waals surface area contributed by atoms with Crippen LogP contribution in [-0.4, -0.2) is 25.2 Å². The van der Waals surface area contributed by atoms with Gasteiger partial charge in [0.2, 0.25) is 0 Å². The van der Waals surface area contributed by atoms with Crippen LogP contribution in [0.4, 0.5) is 0 Å². The first-order valence-corrected chi connectivity index (χ1v) is 5.27. The molecule has 0 saturated heterocycles. The van der Waals surface area contributed by atoms with Crippen molar-refractivity contribution < 1.29 is 19.1 Å². The zero-order chi connectivity index (χ0) is 13.7. The van der Waals surface area contributed by atoms with E-state index in [-0.39, 0.29) is 18.6 Å². The summed E-state index contributed by atoms with van der Waals surface area (Å²) in [5, 5.41) is 0. The number of hydrogen-bond acceptors (Lipinski definition) is 4. The molecule has 0 bridgehead atoms. The van der Waals surface area contributed by atoms with Gasteiger partial charge in [-0.25, -0.2) is 4.79 Å². The maximum Gasteiger partial charge on any atom is 0.333 e. The lowest BCUT2D eigenvalue weighted by Crippen LogP contribution is -2.12. The molecule has 0 atom stereocenters. The molecule has 0 unspecified atom stereocenters. The molecule has 0 radical (unpaired) electrons. The molecule has 0 heterocycles. The van der Waals surface area contributed by atoms with Gasteiger partial charge in [-0.2, -0.15) is 0 Å². The fourth-order valence-corrected chi connectivity index (χ4v) is 0.692. The molecule has 0 aliphatic heterocycles. The van der Waals surface area contributed by atoms with Gasteiger partial charge in [0, 0.05) is 5.57 Å². The predicted octanol–water partition coefficient (Wildman–Crippen LogP) is 2.42. The fraction of sp³-hybridized carbons (Fsp3) is 0.385. The van der Waals surface area contributed by atoms with Crippen LogP contribution in [0.1, 0.15) is 20.3 Å². The summed E-state index contributed by atoms with van der Waals surface area (Å²) >= 11 is 0. The lowest BCUT2D eigenvalue weighted by molar-refractivity contribution is -0.145. The van der Waals surface area contributed by atoms with Gasteiger partial charge >= 0.3 is 11.9 Å². The van der Waals surface area contributed by atoms with E-state index in [2.05, 4.69) is 29.2 Å². The number of ether oxygens (including phenoxy) is 2. The highest BCUT2D eigenvalue weighted by atomic mass is 16.5. The van der Waals surface area contributed by atoms with Gasteiger partial charge in [0.05, 0.1) is 19.6 Å². The summed E-state index contributed by atoms with van der Waals surface area (Å²) in [4.78, 5) is 21.8. The van der Waals surface area contributed by atoms with E-state index in [1.807, 2.05) is 0 Å². The zero-order valence-corrected chi connectivity index (χ0v) is 10.5. The Bertz CT molecular complexity index is 273. The summed E-state index contributed by atoms with van der Waals surface area (Å²) in [7, 11) is 0. The standard InChI is InChI=1S/C9H14O4.C4H6/c1-4-12-8(10)6-7(3)9(11)13-5-2;1-3-4-2/h3-6H2,1-2H3;3-4H,1-2H2. The van der Waals surface area contributed by atoms with E-state index in [9.17, 15) is 9.59 Å². The van der Waals surface area contributed by atoms with E-state index in [1.54, 1.807) is 26.0 Å². The average molecular weight is 240 g/mol. The molecule has 0 saturated carbocycles. The summed E-state index contributed by atoms with van der Waals surface area (Å²) in [6.07, 6.45) is 3.17. The molecule has 96 valence electrons. The average Bonchev–Trinajstić information content (AvgIpc) is 2.30. The van der Waals surface area contributed by atoms with Crippen LogP contribution in [0, 0.1) is 0 Å². The van der Waals surface area contributed by atoms with Gasteiger partial charge in [-0.05, 0) is 13.8 Å². The Morgan fingerprint density at radius 3 is 1.88 bits per heavy atom. The van der Waals surface area contributed by atoms with Crippen LogP contribution in [0.15, 0.2) is 37.5 Å². The van der Waals surface area contributed by atoms with Crippen LogP contribution in [0.3, 0.4) is 0 Å². The largest absolute Gasteiger partial charge is 0.466 e. The molecule has 0 rings (SSSR count). The van der Waals surface area contributed by atoms with Crippen molar-refractivity contribution in [1.82, 2.24) is 0 Å². The summed E-state index contributed by atoms with van der Waals surface area (Å²) in [6, 6.07) is 0. The highest BCUT2D eigenvalue weighted by Crippen LogP contribution is 2.02. The van der Waals surface area contributed by atoms with E-state index < -0.39 is 11.9 Å². The van der Waals surface area contributed by atoms with Gasteiger partial charge in [-0.1, -0.05) is 31.9 Å². The third-order valence-electron chi connectivity index (χ3n) is 1.39. The summed E-state index contributed by atoms with van der Waals surface area (Å²) in [5.41, 5.74) is 0.125. The van der Waals surface area contributed by atoms with E-state index in [1.165, 1.54) is 0 Å². The first-order chi connectivity index (χ1) is 8.03. The van der Waals surface area contributed by atoms with Gasteiger partial charge in [0.25, 0.3) is 0 Å². The van der Waals surface area contributed by atoms with Crippen LogP contribution in [-0.2, 0) is 19.1 Å². The second-order valence-corrected chi connectivity index (χ2v) is 2.78. The van der Waals surface area contributed by atoms with Crippen molar-refractivity contribution in [1.29, 1.82) is 0 Å². The van der Waals surface area contributed by atoms with E-state index >= 15 is 0 Å². The van der Waals surface area contributed by atoms with Crippen molar-refractivity contribution >= 4 is 11.9 Å². The number of carbonyl (C=O) groups excluding carboxylic acids is 2. The fourth-order valence-electron chi connectivity index (χ4n) is 0.692. The number of esters is 2. The maximum atomic E-state index is 11.0. The van der Waals surface area contributed by atoms with Crippen LogP contribution < -0.4 is 0 Å². The Balaban J connectivity index is 0. The van der Waals surface area contributed by atoms with Crippen molar-refractivity contribution in [2.75, 3.05) is 13.2 Å². The second-order valence-electron chi connectivity index (χ2n) is 2.78. The molecular weight excluding hydrogens is 220 g/mol. The second kappa shape index (κ2) is 12.2. The van der Waals surface area contributed by atoms with Crippen molar-refractivity contribution in [3.63, 3.8) is 0 Å². The first-order valence-electron chi connectivity index (χ1n) is 5.27. The topological polar surface area (TPSA) is 52.6 Å². The number of rotatable bonds is 6. The Morgan fingerprint density at radius 1 is 1.06 bits per heavy atom. The first kappa shape index (κ1) is 17.6. The molecule has 0 aliphatic carbocycles. The summed E-state index contributed by atoms with van der Waals surface area (Å²) in [6.45, 7) is 14.1. The SMILES string of the molecule is C=C(CC(=O)OCC)C(=O)OCC.C=CC=C. The monoisotopic (exact) mass is 240 g/mol. The number of allylic oxidation sites excluding steroid dienone is 2. The third kappa shape index (κ3) is 12.1. The molecule has 0 aromatic carbocycles. The van der Waals surface area contributed by atoms with E-state index in [0.29, 0.717) is 6.61 Å². The molecule has 0 N–H and O–H groups in total. The highest BCUT2D eigenvalue weighted by Gasteiger charge is 2.12. The molecule has 0 aromatic heterocycles. The number of hydrogen-bond donors (Lipinski definition) is 0. The maximum absolute atomic E-state index is 11.0. The zero-order valence-electron chi connectivity index (χ0n) is 10.5. The minimum absolute atomic E-state index is 0.104. The summed E-state index contributed by atoms with van der Waals surface area (Å²) in [5.74, 6) is -1.00. The van der Waals surface area contributed by atoms with Gasteiger partial charge in [0.1, 0.15) is 0 Å². The Kier molecular flexibility index (Phi) is 12.6. The lowest BCUT2D eigenvalue weighted by Gasteiger charge is -2.04. The molecule has 0 fully saturated rings. The van der Waals surface area contributed by atoms with Crippen molar-refractivity contribution in [3.05, 3.63) is 37.5 Å². The molecule has 4 nitrogen and oxygen atoms in total.